The van der Waals surface area contributed by atoms with Crippen LogP contribution in [0.4, 0.5) is 4.79 Å². The van der Waals surface area contributed by atoms with Gasteiger partial charge in [-0.3, -0.25) is 4.79 Å². The van der Waals surface area contributed by atoms with Crippen molar-refractivity contribution >= 4 is 11.9 Å². The summed E-state index contributed by atoms with van der Waals surface area (Å²) in [4.78, 5) is 26.9. The summed E-state index contributed by atoms with van der Waals surface area (Å²) in [6.45, 7) is 4.06. The first kappa shape index (κ1) is 18.5. The topological polar surface area (TPSA) is 61.4 Å². The number of hydrogen-bond acceptors (Lipinski definition) is 2. The zero-order chi connectivity index (χ0) is 19.6. The second-order valence-electron chi connectivity index (χ2n) is 8.05. The second kappa shape index (κ2) is 7.66. The number of rotatable bonds is 3. The lowest BCUT2D eigenvalue weighted by Crippen LogP contribution is -2.60. The number of carbonyl (C=O) groups excluding carboxylic acids is 2. The van der Waals surface area contributed by atoms with Crippen LogP contribution in [-0.4, -0.2) is 42.0 Å². The summed E-state index contributed by atoms with van der Waals surface area (Å²) in [5.41, 5.74) is 2.90. The third-order valence-corrected chi connectivity index (χ3v) is 6.11. The second-order valence-corrected chi connectivity index (χ2v) is 8.05. The molecule has 1 atom stereocenters. The molecule has 1 unspecified atom stereocenters. The molecule has 2 N–H and O–H groups in total. The molecule has 1 saturated heterocycles. The van der Waals surface area contributed by atoms with E-state index in [2.05, 4.69) is 29.7 Å². The highest BCUT2D eigenvalue weighted by Crippen LogP contribution is 2.31. The summed E-state index contributed by atoms with van der Waals surface area (Å²) in [6, 6.07) is 18.0. The number of hydrogen-bond donors (Lipinski definition) is 2. The van der Waals surface area contributed by atoms with E-state index < -0.39 is 0 Å². The smallest absolute Gasteiger partial charge is 0.317 e. The van der Waals surface area contributed by atoms with E-state index in [-0.39, 0.29) is 23.4 Å². The zero-order valence-corrected chi connectivity index (χ0v) is 16.3. The maximum absolute atomic E-state index is 12.6. The number of carbonyl (C=O) groups is 2. The Labute approximate surface area is 166 Å². The van der Waals surface area contributed by atoms with Gasteiger partial charge in [0.25, 0.3) is 5.91 Å². The maximum Gasteiger partial charge on any atom is 0.317 e. The normalized spacial score (nSPS) is 18.9. The lowest BCUT2D eigenvalue weighted by atomic mass is 9.78. The molecule has 0 bridgehead atoms. The zero-order valence-electron chi connectivity index (χ0n) is 16.3. The van der Waals surface area contributed by atoms with E-state index in [0.29, 0.717) is 19.6 Å². The number of nitrogens with zero attached hydrogens (tertiary/aromatic N) is 1. The van der Waals surface area contributed by atoms with E-state index in [1.165, 1.54) is 5.56 Å². The molecule has 0 saturated carbocycles. The molecule has 1 fully saturated rings. The fourth-order valence-corrected chi connectivity index (χ4v) is 4.30. The van der Waals surface area contributed by atoms with Gasteiger partial charge in [0.1, 0.15) is 0 Å². The van der Waals surface area contributed by atoms with E-state index in [9.17, 15) is 9.59 Å². The van der Waals surface area contributed by atoms with Gasteiger partial charge < -0.3 is 15.5 Å². The molecule has 0 aromatic heterocycles. The minimum absolute atomic E-state index is 0.0106. The molecule has 0 radical (unpaired) electrons. The largest absolute Gasteiger partial charge is 0.346 e. The Morgan fingerprint density at radius 1 is 1.11 bits per heavy atom. The molecule has 2 aromatic carbocycles. The monoisotopic (exact) mass is 377 g/mol. The van der Waals surface area contributed by atoms with E-state index in [1.54, 1.807) is 0 Å². The van der Waals surface area contributed by atoms with Gasteiger partial charge in [0.05, 0.1) is 0 Å². The van der Waals surface area contributed by atoms with Crippen LogP contribution in [0.2, 0.25) is 0 Å². The van der Waals surface area contributed by atoms with Crippen molar-refractivity contribution in [2.45, 2.75) is 37.6 Å². The molecule has 0 aliphatic carbocycles. The molecule has 146 valence electrons. The van der Waals surface area contributed by atoms with Crippen LogP contribution in [0, 0.1) is 0 Å². The number of likely N-dealkylation sites (tertiary alicyclic amines) is 1. The molecule has 5 heteroatoms. The predicted molar refractivity (Wildman–Crippen MR) is 109 cm³/mol. The number of urea groups is 1. The van der Waals surface area contributed by atoms with Crippen LogP contribution in [0.25, 0.3) is 0 Å². The number of nitrogens with one attached hydrogen (secondary N) is 2. The Kier molecular flexibility index (Phi) is 5.07. The fourth-order valence-electron chi connectivity index (χ4n) is 4.30. The summed E-state index contributed by atoms with van der Waals surface area (Å²) < 4.78 is 0. The summed E-state index contributed by atoms with van der Waals surface area (Å²) >= 11 is 0. The van der Waals surface area contributed by atoms with Crippen molar-refractivity contribution < 1.29 is 9.59 Å². The Bertz CT molecular complexity index is 857. The number of fused-ring (bicyclic) bond motifs is 1. The van der Waals surface area contributed by atoms with Crippen LogP contribution in [0.3, 0.4) is 0 Å². The Morgan fingerprint density at radius 3 is 2.54 bits per heavy atom. The third kappa shape index (κ3) is 3.75. The first-order chi connectivity index (χ1) is 13.6. The molecular weight excluding hydrogens is 350 g/mol. The Balaban J connectivity index is 1.32. The minimum Gasteiger partial charge on any atom is -0.346 e. The van der Waals surface area contributed by atoms with Gasteiger partial charge in [-0.2, -0.15) is 0 Å². The van der Waals surface area contributed by atoms with Crippen molar-refractivity contribution in [1.82, 2.24) is 15.5 Å². The van der Waals surface area contributed by atoms with Crippen molar-refractivity contribution in [1.29, 1.82) is 0 Å². The fraction of sp³-hybridized carbons (Fsp3) is 0.391. The van der Waals surface area contributed by atoms with Crippen molar-refractivity contribution in [3.63, 3.8) is 0 Å². The predicted octanol–water partition coefficient (Wildman–Crippen LogP) is 3.32. The average molecular weight is 377 g/mol. The van der Waals surface area contributed by atoms with Crippen LogP contribution < -0.4 is 10.6 Å². The summed E-state index contributed by atoms with van der Waals surface area (Å²) in [6.07, 6.45) is 2.42. The van der Waals surface area contributed by atoms with Gasteiger partial charge in [-0.05, 0) is 42.4 Å². The van der Waals surface area contributed by atoms with E-state index in [4.69, 9.17) is 0 Å². The van der Waals surface area contributed by atoms with Gasteiger partial charge in [0.15, 0.2) is 0 Å². The average Bonchev–Trinajstić information content (AvgIpc) is 2.73. The van der Waals surface area contributed by atoms with Gasteiger partial charge in [0.2, 0.25) is 0 Å². The van der Waals surface area contributed by atoms with Crippen LogP contribution >= 0.6 is 0 Å². The first-order valence-electron chi connectivity index (χ1n) is 10.0. The lowest BCUT2D eigenvalue weighted by molar-refractivity contribution is 0.0803. The SMILES string of the molecule is CC(CNC(=O)N1CCC2(CC1)Cc1ccccc1C(=O)N2)c1ccccc1. The molecule has 4 rings (SSSR count). The van der Waals surface area contributed by atoms with E-state index >= 15 is 0 Å². The number of benzene rings is 2. The molecule has 2 aromatic rings. The highest BCUT2D eigenvalue weighted by Gasteiger charge is 2.41. The Hall–Kier alpha value is -2.82. The molecule has 5 nitrogen and oxygen atoms in total. The molecule has 1 spiro atoms. The maximum atomic E-state index is 12.6. The Morgan fingerprint density at radius 2 is 1.79 bits per heavy atom. The van der Waals surface area contributed by atoms with Crippen molar-refractivity contribution in [3.8, 4) is 0 Å². The molecule has 2 aliphatic heterocycles. The molecule has 2 aliphatic rings. The third-order valence-electron chi connectivity index (χ3n) is 6.11. The number of piperidine rings is 1. The quantitative estimate of drug-likeness (QED) is 0.862. The van der Waals surface area contributed by atoms with Crippen molar-refractivity contribution in [3.05, 3.63) is 71.3 Å². The summed E-state index contributed by atoms with van der Waals surface area (Å²) in [5, 5.41) is 6.29. The minimum atomic E-state index is -0.223. The van der Waals surface area contributed by atoms with Crippen LogP contribution in [-0.2, 0) is 6.42 Å². The standard InChI is InChI=1S/C23H27N3O2/c1-17(18-7-3-2-4-8-18)16-24-22(28)26-13-11-23(12-14-26)15-19-9-5-6-10-20(19)21(27)25-23/h2-10,17H,11-16H2,1H3,(H,24,28)(H,25,27). The van der Waals surface area contributed by atoms with Crippen molar-refractivity contribution in [2.75, 3.05) is 19.6 Å². The van der Waals surface area contributed by atoms with Gasteiger partial charge in [-0.15, -0.1) is 0 Å². The first-order valence-corrected chi connectivity index (χ1v) is 10.0. The highest BCUT2D eigenvalue weighted by atomic mass is 16.2. The van der Waals surface area contributed by atoms with Gasteiger partial charge >= 0.3 is 6.03 Å². The molecule has 3 amide bonds. The molecular formula is C23H27N3O2. The van der Waals surface area contributed by atoms with Crippen LogP contribution in [0.1, 0.15) is 47.2 Å². The van der Waals surface area contributed by atoms with E-state index in [1.807, 2.05) is 47.4 Å². The molecule has 28 heavy (non-hydrogen) atoms. The van der Waals surface area contributed by atoms with Crippen LogP contribution in [0.15, 0.2) is 54.6 Å². The van der Waals surface area contributed by atoms with Gasteiger partial charge in [0, 0.05) is 30.7 Å². The summed E-state index contributed by atoms with van der Waals surface area (Å²) in [5.74, 6) is 0.284. The van der Waals surface area contributed by atoms with Gasteiger partial charge in [-0.25, -0.2) is 4.79 Å². The lowest BCUT2D eigenvalue weighted by Gasteiger charge is -2.45. The highest BCUT2D eigenvalue weighted by molar-refractivity contribution is 5.97. The summed E-state index contributed by atoms with van der Waals surface area (Å²) in [7, 11) is 0. The van der Waals surface area contributed by atoms with Crippen LogP contribution in [0.5, 0.6) is 0 Å². The number of amides is 3. The molecule has 2 heterocycles. The van der Waals surface area contributed by atoms with Crippen molar-refractivity contribution in [2.24, 2.45) is 0 Å². The van der Waals surface area contributed by atoms with E-state index in [0.717, 1.165) is 30.4 Å². The van der Waals surface area contributed by atoms with Gasteiger partial charge in [-0.1, -0.05) is 55.5 Å².